The Morgan fingerprint density at radius 1 is 1.14 bits per heavy atom. The van der Waals surface area contributed by atoms with Crippen molar-refractivity contribution in [3.63, 3.8) is 0 Å². The monoisotopic (exact) mass is 285 g/mol. The highest BCUT2D eigenvalue weighted by Crippen LogP contribution is 2.21. The Bertz CT molecular complexity index is 586. The van der Waals surface area contributed by atoms with Gasteiger partial charge in [-0.2, -0.15) is 0 Å². The van der Waals surface area contributed by atoms with Gasteiger partial charge in [-0.25, -0.2) is 0 Å². The van der Waals surface area contributed by atoms with Gasteiger partial charge in [0, 0.05) is 30.9 Å². The van der Waals surface area contributed by atoms with E-state index in [4.69, 9.17) is 0 Å². The van der Waals surface area contributed by atoms with Gasteiger partial charge in [0.2, 0.25) is 5.56 Å². The van der Waals surface area contributed by atoms with E-state index in [0.29, 0.717) is 6.04 Å². The highest BCUT2D eigenvalue weighted by Gasteiger charge is 2.20. The highest BCUT2D eigenvalue weighted by molar-refractivity contribution is 5.20. The summed E-state index contributed by atoms with van der Waals surface area (Å²) in [5.41, 5.74) is 2.30. The molecule has 1 heterocycles. The zero-order valence-corrected chi connectivity index (χ0v) is 12.8. The Hall–Kier alpha value is -1.91. The second kappa shape index (κ2) is 7.20. The van der Waals surface area contributed by atoms with Crippen molar-refractivity contribution in [1.82, 2.24) is 15.2 Å². The average Bonchev–Trinajstić information content (AvgIpc) is 2.47. The van der Waals surface area contributed by atoms with Gasteiger partial charge >= 0.3 is 0 Å². The fourth-order valence-electron chi connectivity index (χ4n) is 2.63. The molecule has 0 radical (unpaired) electrons. The summed E-state index contributed by atoms with van der Waals surface area (Å²) in [5.74, 6) is 0. The summed E-state index contributed by atoms with van der Waals surface area (Å²) in [5, 5.41) is 3.53. The van der Waals surface area contributed by atoms with E-state index in [1.54, 1.807) is 12.3 Å². The first-order valence-corrected chi connectivity index (χ1v) is 7.20. The fraction of sp³-hybridized carbons (Fsp3) is 0.353. The van der Waals surface area contributed by atoms with Crippen molar-refractivity contribution in [3.8, 4) is 0 Å². The third-order valence-corrected chi connectivity index (χ3v) is 3.65. The van der Waals surface area contributed by atoms with Crippen LogP contribution in [-0.2, 0) is 6.54 Å². The minimum absolute atomic E-state index is 0.0674. The summed E-state index contributed by atoms with van der Waals surface area (Å²) in [7, 11) is 4.19. The molecule has 0 bridgehead atoms. The molecule has 2 N–H and O–H groups in total. The van der Waals surface area contributed by atoms with Crippen LogP contribution in [0.5, 0.6) is 0 Å². The molecule has 0 aliphatic carbocycles. The Kier molecular flexibility index (Phi) is 5.31. The van der Waals surface area contributed by atoms with Crippen LogP contribution in [0.3, 0.4) is 0 Å². The molecule has 0 saturated heterocycles. The van der Waals surface area contributed by atoms with E-state index < -0.39 is 0 Å². The number of nitrogens with one attached hydrogen (secondary N) is 2. The van der Waals surface area contributed by atoms with Gasteiger partial charge in [0.1, 0.15) is 0 Å². The molecule has 0 aliphatic rings. The van der Waals surface area contributed by atoms with Crippen molar-refractivity contribution in [2.75, 3.05) is 14.1 Å². The van der Waals surface area contributed by atoms with Crippen LogP contribution in [0.15, 0.2) is 53.5 Å². The van der Waals surface area contributed by atoms with Crippen LogP contribution >= 0.6 is 0 Å². The van der Waals surface area contributed by atoms with E-state index in [0.717, 1.165) is 12.1 Å². The lowest BCUT2D eigenvalue weighted by Crippen LogP contribution is -2.39. The molecule has 0 aliphatic heterocycles. The topological polar surface area (TPSA) is 48.1 Å². The van der Waals surface area contributed by atoms with E-state index in [1.807, 2.05) is 12.1 Å². The molecule has 2 aromatic rings. The van der Waals surface area contributed by atoms with Crippen molar-refractivity contribution in [1.29, 1.82) is 0 Å². The van der Waals surface area contributed by atoms with Gasteiger partial charge < -0.3 is 15.2 Å². The Balaban J connectivity index is 2.04. The van der Waals surface area contributed by atoms with E-state index in [-0.39, 0.29) is 11.6 Å². The quantitative estimate of drug-likeness (QED) is 0.855. The van der Waals surface area contributed by atoms with Crippen LogP contribution < -0.4 is 10.9 Å². The maximum absolute atomic E-state index is 11.1. The van der Waals surface area contributed by atoms with Gasteiger partial charge in [-0.1, -0.05) is 36.4 Å². The fourth-order valence-corrected chi connectivity index (χ4v) is 2.63. The Morgan fingerprint density at radius 3 is 2.43 bits per heavy atom. The third-order valence-electron chi connectivity index (χ3n) is 3.65. The molecular formula is C17H23N3O. The molecule has 4 heteroatoms. The molecule has 21 heavy (non-hydrogen) atoms. The Labute approximate surface area is 125 Å². The predicted molar refractivity (Wildman–Crippen MR) is 86.2 cm³/mol. The zero-order chi connectivity index (χ0) is 15.2. The molecule has 2 rings (SSSR count). The number of aromatic amines is 1. The molecule has 4 nitrogen and oxygen atoms in total. The van der Waals surface area contributed by atoms with Gasteiger partial charge in [-0.05, 0) is 32.1 Å². The summed E-state index contributed by atoms with van der Waals surface area (Å²) >= 11 is 0. The lowest BCUT2D eigenvalue weighted by molar-refractivity contribution is 0.239. The first kappa shape index (κ1) is 15.5. The van der Waals surface area contributed by atoms with Crippen LogP contribution in [0.2, 0.25) is 0 Å². The van der Waals surface area contributed by atoms with Crippen molar-refractivity contribution in [2.24, 2.45) is 0 Å². The standard InChI is InChI=1S/C17H23N3O/c1-13(18-11-14-9-10-16(21)19-12-14)17(20(2)3)15-7-5-4-6-8-15/h4-10,12-13,17-18H,11H2,1-3H3,(H,19,21)/t13-,17-/m0/s1. The van der Waals surface area contributed by atoms with Gasteiger partial charge in [-0.15, -0.1) is 0 Å². The second-order valence-corrected chi connectivity index (χ2v) is 5.55. The first-order chi connectivity index (χ1) is 10.1. The number of hydrogen-bond donors (Lipinski definition) is 2. The van der Waals surface area contributed by atoms with Crippen LogP contribution in [0.1, 0.15) is 24.1 Å². The Morgan fingerprint density at radius 2 is 1.86 bits per heavy atom. The molecule has 112 valence electrons. The summed E-state index contributed by atoms with van der Waals surface area (Å²) in [6, 6.07) is 14.5. The van der Waals surface area contributed by atoms with E-state index >= 15 is 0 Å². The average molecular weight is 285 g/mol. The zero-order valence-electron chi connectivity index (χ0n) is 12.8. The molecule has 1 aromatic carbocycles. The van der Waals surface area contributed by atoms with Crippen LogP contribution in [0.25, 0.3) is 0 Å². The lowest BCUT2D eigenvalue weighted by atomic mass is 9.99. The summed E-state index contributed by atoms with van der Waals surface area (Å²) in [4.78, 5) is 16.0. The van der Waals surface area contributed by atoms with Crippen LogP contribution in [0.4, 0.5) is 0 Å². The second-order valence-electron chi connectivity index (χ2n) is 5.55. The number of likely N-dealkylation sites (N-methyl/N-ethyl adjacent to an activating group) is 1. The van der Waals surface area contributed by atoms with Crippen LogP contribution in [-0.4, -0.2) is 30.0 Å². The summed E-state index contributed by atoms with van der Waals surface area (Å²) < 4.78 is 0. The van der Waals surface area contributed by atoms with Gasteiger partial charge in [0.25, 0.3) is 0 Å². The predicted octanol–water partition coefficient (Wildman–Crippen LogP) is 2.16. The molecule has 0 saturated carbocycles. The number of pyridine rings is 1. The molecule has 1 aromatic heterocycles. The van der Waals surface area contributed by atoms with Crippen molar-refractivity contribution >= 4 is 0 Å². The number of nitrogens with zero attached hydrogens (tertiary/aromatic N) is 1. The van der Waals surface area contributed by atoms with Crippen molar-refractivity contribution < 1.29 is 0 Å². The van der Waals surface area contributed by atoms with Crippen LogP contribution in [0, 0.1) is 0 Å². The molecule has 0 fully saturated rings. The van der Waals surface area contributed by atoms with Gasteiger partial charge in [0.15, 0.2) is 0 Å². The smallest absolute Gasteiger partial charge is 0.247 e. The number of hydrogen-bond acceptors (Lipinski definition) is 3. The molecule has 0 unspecified atom stereocenters. The minimum Gasteiger partial charge on any atom is -0.329 e. The van der Waals surface area contributed by atoms with Crippen molar-refractivity contribution in [3.05, 3.63) is 70.1 Å². The SMILES string of the molecule is C[C@H](NCc1ccc(=O)[nH]c1)[C@@H](c1ccccc1)N(C)C. The van der Waals surface area contributed by atoms with E-state index in [9.17, 15) is 4.79 Å². The van der Waals surface area contributed by atoms with E-state index in [2.05, 4.69) is 60.5 Å². The number of aromatic nitrogens is 1. The molecule has 2 atom stereocenters. The summed E-state index contributed by atoms with van der Waals surface area (Å²) in [6.07, 6.45) is 1.76. The largest absolute Gasteiger partial charge is 0.329 e. The lowest BCUT2D eigenvalue weighted by Gasteiger charge is -2.31. The maximum Gasteiger partial charge on any atom is 0.247 e. The highest BCUT2D eigenvalue weighted by atomic mass is 16.1. The third kappa shape index (κ3) is 4.28. The molecular weight excluding hydrogens is 262 g/mol. The van der Waals surface area contributed by atoms with E-state index in [1.165, 1.54) is 5.56 Å². The maximum atomic E-state index is 11.1. The number of H-pyrrole nitrogens is 1. The van der Waals surface area contributed by atoms with Crippen molar-refractivity contribution in [2.45, 2.75) is 25.6 Å². The van der Waals surface area contributed by atoms with Gasteiger partial charge in [0.05, 0.1) is 0 Å². The number of rotatable bonds is 6. The minimum atomic E-state index is -0.0674. The summed E-state index contributed by atoms with van der Waals surface area (Å²) in [6.45, 7) is 2.92. The molecule has 0 amide bonds. The number of benzene rings is 1. The normalized spacial score (nSPS) is 14.1. The van der Waals surface area contributed by atoms with Gasteiger partial charge in [-0.3, -0.25) is 4.79 Å². The first-order valence-electron chi connectivity index (χ1n) is 7.20. The molecule has 0 spiro atoms.